The fourth-order valence-electron chi connectivity index (χ4n) is 5.02. The van der Waals surface area contributed by atoms with E-state index >= 15 is 0 Å². The first-order valence-electron chi connectivity index (χ1n) is 7.46. The summed E-state index contributed by atoms with van der Waals surface area (Å²) in [6.07, 6.45) is 6.74. The predicted octanol–water partition coefficient (Wildman–Crippen LogP) is 3.57. The zero-order valence-electron chi connectivity index (χ0n) is 11.5. The van der Waals surface area contributed by atoms with Crippen LogP contribution in [0.15, 0.2) is 12.2 Å². The molecule has 0 N–H and O–H groups in total. The molecule has 0 radical (unpaired) electrons. The number of hydrogen-bond donors (Lipinski definition) is 0. The standard InChI is InChI=1S/C16H24O2/c1-4-13-11-5-10-6-12(8-11)15(14(13)7-10)18-16(17)9(2)3/h10-15H,2,4-8H2,1,3H3. The van der Waals surface area contributed by atoms with Gasteiger partial charge in [0.2, 0.25) is 0 Å². The molecule has 0 aromatic rings. The second-order valence-corrected chi connectivity index (χ2v) is 6.72. The van der Waals surface area contributed by atoms with Crippen LogP contribution in [0.1, 0.15) is 46.0 Å². The Labute approximate surface area is 110 Å². The molecule has 6 atom stereocenters. The molecule has 0 spiro atoms. The van der Waals surface area contributed by atoms with E-state index in [9.17, 15) is 4.79 Å². The van der Waals surface area contributed by atoms with Gasteiger partial charge in [-0.15, -0.1) is 0 Å². The molecule has 0 aromatic carbocycles. The largest absolute Gasteiger partial charge is 0.458 e. The summed E-state index contributed by atoms with van der Waals surface area (Å²) >= 11 is 0. The predicted molar refractivity (Wildman–Crippen MR) is 70.9 cm³/mol. The summed E-state index contributed by atoms with van der Waals surface area (Å²) in [6, 6.07) is 0. The van der Waals surface area contributed by atoms with E-state index in [4.69, 9.17) is 4.74 Å². The lowest BCUT2D eigenvalue weighted by atomic mass is 9.50. The first kappa shape index (κ1) is 12.3. The van der Waals surface area contributed by atoms with E-state index in [1.807, 2.05) is 0 Å². The molecule has 100 valence electrons. The number of ether oxygens (including phenoxy) is 1. The van der Waals surface area contributed by atoms with Gasteiger partial charge < -0.3 is 4.74 Å². The van der Waals surface area contributed by atoms with Crippen LogP contribution in [0, 0.1) is 29.6 Å². The molecule has 4 rings (SSSR count). The zero-order chi connectivity index (χ0) is 12.9. The van der Waals surface area contributed by atoms with Crippen molar-refractivity contribution in [1.82, 2.24) is 0 Å². The molecule has 4 aliphatic rings. The van der Waals surface area contributed by atoms with Gasteiger partial charge in [0.15, 0.2) is 0 Å². The molecule has 4 saturated carbocycles. The van der Waals surface area contributed by atoms with E-state index in [1.165, 1.54) is 32.1 Å². The number of carbonyl (C=O) groups excluding carboxylic acids is 1. The fourth-order valence-corrected chi connectivity index (χ4v) is 5.02. The van der Waals surface area contributed by atoms with E-state index in [2.05, 4.69) is 13.5 Å². The van der Waals surface area contributed by atoms with Crippen molar-refractivity contribution in [3.8, 4) is 0 Å². The highest BCUT2D eigenvalue weighted by Crippen LogP contribution is 2.58. The Hall–Kier alpha value is -0.790. The summed E-state index contributed by atoms with van der Waals surface area (Å²) in [7, 11) is 0. The summed E-state index contributed by atoms with van der Waals surface area (Å²) in [6.45, 7) is 7.74. The molecular formula is C16H24O2. The molecule has 0 amide bonds. The SMILES string of the molecule is C=C(C)C(=O)OC1C2CC3CC(C2)C(CC)C1C3. The molecule has 0 saturated heterocycles. The van der Waals surface area contributed by atoms with Crippen LogP contribution in [0.3, 0.4) is 0 Å². The van der Waals surface area contributed by atoms with Crippen LogP contribution >= 0.6 is 0 Å². The van der Waals surface area contributed by atoms with Crippen molar-refractivity contribution in [2.24, 2.45) is 29.6 Å². The van der Waals surface area contributed by atoms with Crippen LogP contribution in [0.5, 0.6) is 0 Å². The van der Waals surface area contributed by atoms with Gasteiger partial charge in [0.25, 0.3) is 0 Å². The van der Waals surface area contributed by atoms with E-state index < -0.39 is 0 Å². The quantitative estimate of drug-likeness (QED) is 0.564. The van der Waals surface area contributed by atoms with Crippen molar-refractivity contribution in [2.45, 2.75) is 52.1 Å². The minimum absolute atomic E-state index is 0.178. The van der Waals surface area contributed by atoms with Crippen LogP contribution in [-0.4, -0.2) is 12.1 Å². The third-order valence-electron chi connectivity index (χ3n) is 5.59. The normalized spacial score (nSPS) is 45.0. The van der Waals surface area contributed by atoms with Crippen LogP contribution in [0.2, 0.25) is 0 Å². The third kappa shape index (κ3) is 1.81. The zero-order valence-corrected chi connectivity index (χ0v) is 11.5. The number of carbonyl (C=O) groups is 1. The molecule has 4 aliphatic carbocycles. The van der Waals surface area contributed by atoms with E-state index in [0.29, 0.717) is 17.4 Å². The van der Waals surface area contributed by atoms with Crippen molar-refractivity contribution >= 4 is 5.97 Å². The average Bonchev–Trinajstić information content (AvgIpc) is 2.33. The Kier molecular flexibility index (Phi) is 2.99. The van der Waals surface area contributed by atoms with E-state index in [-0.39, 0.29) is 12.1 Å². The van der Waals surface area contributed by atoms with Crippen LogP contribution in [0.25, 0.3) is 0 Å². The molecule has 4 fully saturated rings. The maximum atomic E-state index is 11.8. The number of rotatable bonds is 3. The summed E-state index contributed by atoms with van der Waals surface area (Å²) in [4.78, 5) is 11.8. The molecule has 18 heavy (non-hydrogen) atoms. The Morgan fingerprint density at radius 3 is 2.61 bits per heavy atom. The monoisotopic (exact) mass is 248 g/mol. The molecule has 6 unspecified atom stereocenters. The average molecular weight is 248 g/mol. The topological polar surface area (TPSA) is 26.3 Å². The van der Waals surface area contributed by atoms with Crippen molar-refractivity contribution in [3.05, 3.63) is 12.2 Å². The van der Waals surface area contributed by atoms with Crippen molar-refractivity contribution in [2.75, 3.05) is 0 Å². The first-order valence-corrected chi connectivity index (χ1v) is 7.46. The van der Waals surface area contributed by atoms with Gasteiger partial charge in [-0.1, -0.05) is 19.9 Å². The lowest BCUT2D eigenvalue weighted by molar-refractivity contribution is -0.177. The highest BCUT2D eigenvalue weighted by molar-refractivity contribution is 5.87. The van der Waals surface area contributed by atoms with Gasteiger partial charge in [-0.3, -0.25) is 0 Å². The van der Waals surface area contributed by atoms with Gasteiger partial charge in [0.1, 0.15) is 6.10 Å². The van der Waals surface area contributed by atoms with E-state index in [1.54, 1.807) is 6.92 Å². The lowest BCUT2D eigenvalue weighted by Gasteiger charge is -2.57. The highest BCUT2D eigenvalue weighted by Gasteiger charge is 2.54. The van der Waals surface area contributed by atoms with Gasteiger partial charge in [0.05, 0.1) is 0 Å². The fraction of sp³-hybridized carbons (Fsp3) is 0.812. The van der Waals surface area contributed by atoms with Crippen LogP contribution in [0.4, 0.5) is 0 Å². The second-order valence-electron chi connectivity index (χ2n) is 6.72. The minimum Gasteiger partial charge on any atom is -0.458 e. The molecular weight excluding hydrogens is 224 g/mol. The van der Waals surface area contributed by atoms with Gasteiger partial charge in [-0.2, -0.15) is 0 Å². The van der Waals surface area contributed by atoms with Gasteiger partial charge in [0, 0.05) is 5.57 Å². The molecule has 0 aromatic heterocycles. The summed E-state index contributed by atoms with van der Waals surface area (Å²) in [5.74, 6) is 3.72. The smallest absolute Gasteiger partial charge is 0.333 e. The maximum Gasteiger partial charge on any atom is 0.333 e. The Morgan fingerprint density at radius 2 is 1.94 bits per heavy atom. The van der Waals surface area contributed by atoms with Gasteiger partial charge in [-0.05, 0) is 62.2 Å². The van der Waals surface area contributed by atoms with Crippen LogP contribution < -0.4 is 0 Å². The number of esters is 1. The molecule has 0 heterocycles. The summed E-state index contributed by atoms with van der Waals surface area (Å²) in [5.41, 5.74) is 0.539. The van der Waals surface area contributed by atoms with Gasteiger partial charge >= 0.3 is 5.97 Å². The number of hydrogen-bond acceptors (Lipinski definition) is 2. The molecule has 2 nitrogen and oxygen atoms in total. The summed E-state index contributed by atoms with van der Waals surface area (Å²) < 4.78 is 5.78. The van der Waals surface area contributed by atoms with E-state index in [0.717, 1.165) is 17.8 Å². The lowest BCUT2D eigenvalue weighted by Crippen LogP contribution is -2.54. The Balaban J connectivity index is 1.78. The van der Waals surface area contributed by atoms with Gasteiger partial charge in [-0.25, -0.2) is 4.79 Å². The third-order valence-corrected chi connectivity index (χ3v) is 5.59. The highest BCUT2D eigenvalue weighted by atomic mass is 16.5. The van der Waals surface area contributed by atoms with Crippen LogP contribution in [-0.2, 0) is 9.53 Å². The second kappa shape index (κ2) is 4.40. The maximum absolute atomic E-state index is 11.8. The minimum atomic E-state index is -0.178. The molecule has 0 aliphatic heterocycles. The molecule has 2 heteroatoms. The van der Waals surface area contributed by atoms with Crippen molar-refractivity contribution in [1.29, 1.82) is 0 Å². The van der Waals surface area contributed by atoms with Crippen molar-refractivity contribution < 1.29 is 9.53 Å². The first-order chi connectivity index (χ1) is 8.60. The molecule has 4 bridgehead atoms. The Bertz CT molecular complexity index is 373. The van der Waals surface area contributed by atoms with Crippen molar-refractivity contribution in [3.63, 3.8) is 0 Å². The summed E-state index contributed by atoms with van der Waals surface area (Å²) in [5, 5.41) is 0. The Morgan fingerprint density at radius 1 is 1.22 bits per heavy atom.